The summed E-state index contributed by atoms with van der Waals surface area (Å²) in [5.74, 6) is 0. The fourth-order valence-electron chi connectivity index (χ4n) is 8.42. The zero-order valence-corrected chi connectivity index (χ0v) is 29.3. The van der Waals surface area contributed by atoms with Crippen LogP contribution in [0.5, 0.6) is 0 Å². The van der Waals surface area contributed by atoms with Gasteiger partial charge in [0.05, 0.1) is 0 Å². The topological polar surface area (TPSA) is 0 Å². The summed E-state index contributed by atoms with van der Waals surface area (Å²) in [5, 5.41) is 12.8. The van der Waals surface area contributed by atoms with E-state index in [2.05, 4.69) is 196 Å². The fraction of sp³-hybridized carbons (Fsp3) is 0.0385. The summed E-state index contributed by atoms with van der Waals surface area (Å²) in [7, 11) is 0. The number of fused-ring (bicyclic) bond motifs is 7. The van der Waals surface area contributed by atoms with Gasteiger partial charge in [0.2, 0.25) is 0 Å². The molecule has 0 aliphatic rings. The Hall–Kier alpha value is -6.50. The second-order valence-corrected chi connectivity index (χ2v) is 14.3. The van der Waals surface area contributed by atoms with Gasteiger partial charge in [0.1, 0.15) is 0 Å². The van der Waals surface area contributed by atoms with Crippen LogP contribution in [0, 0.1) is 13.8 Å². The van der Waals surface area contributed by atoms with E-state index in [9.17, 15) is 0 Å². The minimum Gasteiger partial charge on any atom is -0.0616 e. The highest BCUT2D eigenvalue weighted by Gasteiger charge is 2.17. The lowest BCUT2D eigenvalue weighted by Gasteiger charge is -2.18. The Balaban J connectivity index is 1.22. The van der Waals surface area contributed by atoms with Gasteiger partial charge in [0.25, 0.3) is 0 Å². The minimum absolute atomic E-state index is 1.23. The summed E-state index contributed by atoms with van der Waals surface area (Å²) in [6.07, 6.45) is 0. The Labute approximate surface area is 304 Å². The van der Waals surface area contributed by atoms with Crippen molar-refractivity contribution in [2.75, 3.05) is 0 Å². The SMILES string of the molecule is Cc1ccc2c(c1)c(-c1cccc(-c3cccc4ccccc34)c1)cc1c3ccc(C)cc3c(-c3cccc(-c4cccc5ccccc45)c3)cc21. The monoisotopic (exact) mass is 660 g/mol. The molecule has 52 heavy (non-hydrogen) atoms. The lowest BCUT2D eigenvalue weighted by Crippen LogP contribution is -1.91. The molecule has 10 aromatic carbocycles. The molecule has 0 aliphatic carbocycles. The molecule has 0 radical (unpaired) electrons. The summed E-state index contributed by atoms with van der Waals surface area (Å²) in [6.45, 7) is 4.40. The summed E-state index contributed by atoms with van der Waals surface area (Å²) in [6, 6.07) is 67.7. The molecule has 0 N–H and O–H groups in total. The standard InChI is InChI=1S/C52H36/c1-33-23-25-45-49(27-33)47(39-17-7-15-37(29-39)43-21-9-13-35-11-3-5-19-41(35)43)31-52-46-26-24-34(2)28-50(46)48(32-51(45)52)40-18-8-16-38(30-40)44-22-10-14-36-12-4-6-20-42(36)44/h3-32H,1-2H3. The van der Waals surface area contributed by atoms with Gasteiger partial charge in [0.15, 0.2) is 0 Å². The molecule has 0 nitrogen and oxygen atoms in total. The van der Waals surface area contributed by atoms with Crippen molar-refractivity contribution in [3.63, 3.8) is 0 Å². The average Bonchev–Trinajstić information content (AvgIpc) is 3.19. The van der Waals surface area contributed by atoms with Crippen LogP contribution in [0.1, 0.15) is 11.1 Å². The van der Waals surface area contributed by atoms with Gasteiger partial charge in [-0.1, -0.05) is 169 Å². The van der Waals surface area contributed by atoms with Gasteiger partial charge in [-0.2, -0.15) is 0 Å². The van der Waals surface area contributed by atoms with Crippen LogP contribution < -0.4 is 0 Å². The number of rotatable bonds is 4. The van der Waals surface area contributed by atoms with Crippen molar-refractivity contribution in [1.29, 1.82) is 0 Å². The van der Waals surface area contributed by atoms with Gasteiger partial charge in [0, 0.05) is 0 Å². The molecule has 0 saturated heterocycles. The Bertz CT molecular complexity index is 2810. The zero-order chi connectivity index (χ0) is 34.8. The van der Waals surface area contributed by atoms with Crippen LogP contribution >= 0.6 is 0 Å². The molecule has 0 saturated carbocycles. The smallest absolute Gasteiger partial charge is 0.00923 e. The van der Waals surface area contributed by atoms with Crippen molar-refractivity contribution in [3.05, 3.63) is 193 Å². The molecule has 10 aromatic rings. The van der Waals surface area contributed by atoms with Gasteiger partial charge >= 0.3 is 0 Å². The molecular weight excluding hydrogens is 625 g/mol. The molecule has 0 atom stereocenters. The van der Waals surface area contributed by atoms with E-state index in [1.807, 2.05) is 0 Å². The highest BCUT2D eigenvalue weighted by atomic mass is 14.2. The van der Waals surface area contributed by atoms with Crippen LogP contribution in [0.15, 0.2) is 182 Å². The maximum atomic E-state index is 2.45. The number of hydrogen-bond donors (Lipinski definition) is 0. The molecule has 0 heteroatoms. The van der Waals surface area contributed by atoms with E-state index in [4.69, 9.17) is 0 Å². The summed E-state index contributed by atoms with van der Waals surface area (Å²) in [4.78, 5) is 0. The third kappa shape index (κ3) is 4.99. The lowest BCUT2D eigenvalue weighted by molar-refractivity contribution is 1.50. The van der Waals surface area contributed by atoms with E-state index in [1.165, 1.54) is 109 Å². The van der Waals surface area contributed by atoms with E-state index < -0.39 is 0 Å². The van der Waals surface area contributed by atoms with Gasteiger partial charge in [-0.05, 0) is 136 Å². The van der Waals surface area contributed by atoms with Gasteiger partial charge < -0.3 is 0 Å². The van der Waals surface area contributed by atoms with E-state index in [0.29, 0.717) is 0 Å². The average molecular weight is 661 g/mol. The second-order valence-electron chi connectivity index (χ2n) is 14.3. The first-order valence-electron chi connectivity index (χ1n) is 18.2. The van der Waals surface area contributed by atoms with Gasteiger partial charge in [-0.3, -0.25) is 0 Å². The number of benzene rings is 10. The third-order valence-electron chi connectivity index (χ3n) is 10.9. The van der Waals surface area contributed by atoms with E-state index >= 15 is 0 Å². The first-order chi connectivity index (χ1) is 25.6. The first-order valence-corrected chi connectivity index (χ1v) is 18.2. The summed E-state index contributed by atoms with van der Waals surface area (Å²) >= 11 is 0. The Morgan fingerprint density at radius 2 is 0.615 bits per heavy atom. The zero-order valence-electron chi connectivity index (χ0n) is 29.3. The van der Waals surface area contributed by atoms with E-state index in [1.54, 1.807) is 0 Å². The maximum Gasteiger partial charge on any atom is -0.00923 e. The maximum absolute atomic E-state index is 2.45. The van der Waals surface area contributed by atoms with Crippen LogP contribution in [-0.4, -0.2) is 0 Å². The lowest BCUT2D eigenvalue weighted by atomic mass is 9.86. The Morgan fingerprint density at radius 3 is 1.08 bits per heavy atom. The third-order valence-corrected chi connectivity index (χ3v) is 10.9. The van der Waals surface area contributed by atoms with Crippen LogP contribution in [-0.2, 0) is 0 Å². The second kappa shape index (κ2) is 12.1. The molecule has 0 unspecified atom stereocenters. The van der Waals surface area contributed by atoms with Crippen molar-refractivity contribution < 1.29 is 0 Å². The molecule has 0 spiro atoms. The molecule has 0 aromatic heterocycles. The molecule has 0 fully saturated rings. The Kier molecular flexibility index (Phi) is 7.05. The summed E-state index contributed by atoms with van der Waals surface area (Å²) < 4.78 is 0. The molecule has 10 rings (SSSR count). The van der Waals surface area contributed by atoms with Crippen molar-refractivity contribution in [2.24, 2.45) is 0 Å². The van der Waals surface area contributed by atoms with Crippen LogP contribution in [0.3, 0.4) is 0 Å². The minimum atomic E-state index is 1.23. The van der Waals surface area contributed by atoms with Gasteiger partial charge in [-0.25, -0.2) is 0 Å². The molecule has 0 bridgehead atoms. The first kappa shape index (κ1) is 30.3. The number of hydrogen-bond acceptors (Lipinski definition) is 0. The predicted octanol–water partition coefficient (Wildman–Crippen LogP) is 14.7. The predicted molar refractivity (Wildman–Crippen MR) is 225 cm³/mol. The Morgan fingerprint density at radius 1 is 0.231 bits per heavy atom. The van der Waals surface area contributed by atoms with Crippen molar-refractivity contribution >= 4 is 53.9 Å². The summed E-state index contributed by atoms with van der Waals surface area (Å²) in [5.41, 5.74) is 12.5. The molecule has 244 valence electrons. The van der Waals surface area contributed by atoms with Crippen LogP contribution in [0.25, 0.3) is 98.4 Å². The molecule has 0 aliphatic heterocycles. The molecule has 0 heterocycles. The highest BCUT2D eigenvalue weighted by Crippen LogP contribution is 2.44. The normalized spacial score (nSPS) is 11.7. The van der Waals surface area contributed by atoms with Crippen molar-refractivity contribution in [1.82, 2.24) is 0 Å². The fourth-order valence-corrected chi connectivity index (χ4v) is 8.42. The molecule has 0 amide bonds. The van der Waals surface area contributed by atoms with Crippen LogP contribution in [0.2, 0.25) is 0 Å². The van der Waals surface area contributed by atoms with E-state index in [0.717, 1.165) is 0 Å². The van der Waals surface area contributed by atoms with Crippen molar-refractivity contribution in [3.8, 4) is 44.5 Å². The molecular formula is C52H36. The van der Waals surface area contributed by atoms with Crippen LogP contribution in [0.4, 0.5) is 0 Å². The highest BCUT2D eigenvalue weighted by molar-refractivity contribution is 6.24. The number of aryl methyl sites for hydroxylation is 2. The van der Waals surface area contributed by atoms with Gasteiger partial charge in [-0.15, -0.1) is 0 Å². The largest absolute Gasteiger partial charge is 0.0616 e. The van der Waals surface area contributed by atoms with E-state index in [-0.39, 0.29) is 0 Å². The quantitative estimate of drug-likeness (QED) is 0.165. The van der Waals surface area contributed by atoms with Crippen molar-refractivity contribution in [2.45, 2.75) is 13.8 Å².